The van der Waals surface area contributed by atoms with Crippen molar-refractivity contribution in [2.45, 2.75) is 25.8 Å². The minimum atomic E-state index is -0.721. The topological polar surface area (TPSA) is 70.1 Å². The highest BCUT2D eigenvalue weighted by molar-refractivity contribution is 6.46. The van der Waals surface area contributed by atoms with Gasteiger partial charge in [0.2, 0.25) is 0 Å². The Kier molecular flexibility index (Phi) is 7.26. The first-order valence-corrected chi connectivity index (χ1v) is 10.9. The molecule has 0 radical (unpaired) electrons. The second kappa shape index (κ2) is 9.76. The Morgan fingerprint density at radius 2 is 1.81 bits per heavy atom. The molecule has 2 aromatic carbocycles. The molecule has 1 fully saturated rings. The molecule has 1 saturated heterocycles. The number of carbonyl (C=O) groups excluding carboxylic acids is 2. The number of Topliss-reactive ketones (excluding diaryl/α,β-unsaturated/α-hetero) is 1. The molecule has 6 nitrogen and oxygen atoms in total. The van der Waals surface area contributed by atoms with Crippen LogP contribution in [-0.4, -0.2) is 60.9 Å². The fraction of sp³-hybridized carbons (Fsp3) is 0.360. The number of amides is 1. The smallest absolute Gasteiger partial charge is 0.295 e. The number of benzene rings is 2. The molecule has 2 aromatic rings. The maximum Gasteiger partial charge on any atom is 0.295 e. The Balaban J connectivity index is 2.19. The summed E-state index contributed by atoms with van der Waals surface area (Å²) >= 11 is 6.15. The Morgan fingerprint density at radius 1 is 1.16 bits per heavy atom. The van der Waals surface area contributed by atoms with E-state index in [0.717, 1.165) is 11.1 Å². The Hall–Kier alpha value is -2.83. The zero-order valence-electron chi connectivity index (χ0n) is 19.1. The molecule has 1 unspecified atom stereocenters. The van der Waals surface area contributed by atoms with Crippen LogP contribution in [0.15, 0.2) is 48.0 Å². The van der Waals surface area contributed by atoms with Crippen LogP contribution in [0, 0.1) is 0 Å². The highest BCUT2D eigenvalue weighted by atomic mass is 35.5. The monoisotopic (exact) mass is 456 g/mol. The predicted octanol–water partition coefficient (Wildman–Crippen LogP) is 4.46. The van der Waals surface area contributed by atoms with Crippen molar-refractivity contribution in [3.63, 3.8) is 0 Å². The van der Waals surface area contributed by atoms with Gasteiger partial charge in [-0.15, -0.1) is 0 Å². The fourth-order valence-electron chi connectivity index (χ4n) is 3.84. The van der Waals surface area contributed by atoms with Crippen molar-refractivity contribution in [2.24, 2.45) is 0 Å². The van der Waals surface area contributed by atoms with Crippen LogP contribution in [-0.2, 0) is 9.59 Å². The number of nitrogens with zero attached hydrogens (tertiary/aromatic N) is 2. The van der Waals surface area contributed by atoms with Gasteiger partial charge >= 0.3 is 0 Å². The average molecular weight is 457 g/mol. The molecule has 32 heavy (non-hydrogen) atoms. The van der Waals surface area contributed by atoms with Gasteiger partial charge in [0.15, 0.2) is 0 Å². The second-order valence-electron chi connectivity index (χ2n) is 8.46. The van der Waals surface area contributed by atoms with Crippen LogP contribution in [0.1, 0.15) is 42.5 Å². The average Bonchev–Trinajstić information content (AvgIpc) is 3.01. The molecule has 1 aliphatic rings. The fourth-order valence-corrected chi connectivity index (χ4v) is 4.01. The third-order valence-electron chi connectivity index (χ3n) is 5.66. The molecule has 7 heteroatoms. The summed E-state index contributed by atoms with van der Waals surface area (Å²) in [6, 6.07) is 11.9. The molecule has 1 amide bonds. The van der Waals surface area contributed by atoms with Gasteiger partial charge in [-0.3, -0.25) is 9.59 Å². The molecule has 0 aliphatic carbocycles. The molecule has 0 spiro atoms. The van der Waals surface area contributed by atoms with E-state index in [9.17, 15) is 14.7 Å². The van der Waals surface area contributed by atoms with Crippen molar-refractivity contribution in [2.75, 3.05) is 34.3 Å². The van der Waals surface area contributed by atoms with E-state index in [1.807, 2.05) is 43.3 Å². The highest BCUT2D eigenvalue weighted by Crippen LogP contribution is 2.41. The Bertz CT molecular complexity index is 1040. The number of ether oxygens (including phenoxy) is 1. The zero-order chi connectivity index (χ0) is 23.6. The van der Waals surface area contributed by atoms with E-state index in [-0.39, 0.29) is 16.9 Å². The molecular weight excluding hydrogens is 428 g/mol. The molecule has 1 aliphatic heterocycles. The maximum atomic E-state index is 13.1. The predicted molar refractivity (Wildman–Crippen MR) is 126 cm³/mol. The summed E-state index contributed by atoms with van der Waals surface area (Å²) in [6.07, 6.45) is 0. The van der Waals surface area contributed by atoms with Crippen LogP contribution >= 0.6 is 11.6 Å². The lowest BCUT2D eigenvalue weighted by Gasteiger charge is -2.27. The van der Waals surface area contributed by atoms with Crippen molar-refractivity contribution in [1.29, 1.82) is 0 Å². The minimum Gasteiger partial charge on any atom is -0.507 e. The molecule has 1 heterocycles. The van der Waals surface area contributed by atoms with Crippen molar-refractivity contribution < 1.29 is 19.4 Å². The van der Waals surface area contributed by atoms with Gasteiger partial charge in [0.1, 0.15) is 11.5 Å². The van der Waals surface area contributed by atoms with Crippen LogP contribution in [0.25, 0.3) is 5.76 Å². The Morgan fingerprint density at radius 3 is 2.38 bits per heavy atom. The van der Waals surface area contributed by atoms with E-state index >= 15 is 0 Å². The quantitative estimate of drug-likeness (QED) is 0.378. The SMILES string of the molecule is COc1ccc(Cl)cc1/C(O)=C1\C(=O)C(=O)N(CCN(C)C)C1c1ccc(C(C)C)cc1. The van der Waals surface area contributed by atoms with Gasteiger partial charge in [-0.1, -0.05) is 49.7 Å². The van der Waals surface area contributed by atoms with Gasteiger partial charge in [-0.2, -0.15) is 0 Å². The van der Waals surface area contributed by atoms with Gasteiger partial charge in [-0.25, -0.2) is 0 Å². The van der Waals surface area contributed by atoms with Crippen molar-refractivity contribution in [3.05, 3.63) is 69.8 Å². The van der Waals surface area contributed by atoms with Gasteiger partial charge in [0.25, 0.3) is 11.7 Å². The minimum absolute atomic E-state index is 0.0339. The molecule has 1 N–H and O–H groups in total. The molecular formula is C25H29ClN2O4. The van der Waals surface area contributed by atoms with Crippen LogP contribution in [0.3, 0.4) is 0 Å². The summed E-state index contributed by atoms with van der Waals surface area (Å²) in [5, 5.41) is 11.6. The number of aliphatic hydroxyl groups excluding tert-OH is 1. The summed E-state index contributed by atoms with van der Waals surface area (Å²) < 4.78 is 5.36. The molecule has 1 atom stereocenters. The van der Waals surface area contributed by atoms with Crippen LogP contribution in [0.2, 0.25) is 5.02 Å². The summed E-state index contributed by atoms with van der Waals surface area (Å²) in [4.78, 5) is 29.6. The number of likely N-dealkylation sites (tertiary alicyclic amines) is 1. The van der Waals surface area contributed by atoms with Gasteiger partial charge < -0.3 is 19.6 Å². The van der Waals surface area contributed by atoms with Gasteiger partial charge in [0.05, 0.1) is 24.3 Å². The van der Waals surface area contributed by atoms with Gasteiger partial charge in [0, 0.05) is 18.1 Å². The summed E-state index contributed by atoms with van der Waals surface area (Å²) in [5.74, 6) is -0.943. The van der Waals surface area contributed by atoms with E-state index in [2.05, 4.69) is 13.8 Å². The number of ketones is 1. The largest absolute Gasteiger partial charge is 0.507 e. The molecule has 3 rings (SSSR count). The van der Waals surface area contributed by atoms with Gasteiger partial charge in [-0.05, 0) is 49.3 Å². The maximum absolute atomic E-state index is 13.1. The summed E-state index contributed by atoms with van der Waals surface area (Å²) in [7, 11) is 5.28. The van der Waals surface area contributed by atoms with Crippen LogP contribution in [0.4, 0.5) is 0 Å². The molecule has 0 saturated carbocycles. The number of methoxy groups -OCH3 is 1. The number of aliphatic hydroxyl groups is 1. The normalized spacial score (nSPS) is 18.1. The van der Waals surface area contributed by atoms with E-state index in [4.69, 9.17) is 16.3 Å². The molecule has 0 bridgehead atoms. The second-order valence-corrected chi connectivity index (χ2v) is 8.90. The first-order valence-electron chi connectivity index (χ1n) is 10.5. The van der Waals surface area contributed by atoms with E-state index in [1.165, 1.54) is 18.1 Å². The standard InChI is InChI=1S/C25H29ClN2O4/c1-15(2)16-6-8-17(9-7-16)22-21(24(30)25(31)28(22)13-12-27(3)4)23(29)19-14-18(26)10-11-20(19)32-5/h6-11,14-15,22,29H,12-13H2,1-5H3/b23-21+. The number of likely N-dealkylation sites (N-methyl/N-ethyl adjacent to an activating group) is 1. The third-order valence-corrected chi connectivity index (χ3v) is 5.90. The number of hydrogen-bond donors (Lipinski definition) is 1. The molecule has 0 aromatic heterocycles. The number of halogens is 1. The summed E-state index contributed by atoms with van der Waals surface area (Å²) in [6.45, 7) is 5.12. The van der Waals surface area contributed by atoms with Crippen LogP contribution in [0.5, 0.6) is 5.75 Å². The summed E-state index contributed by atoms with van der Waals surface area (Å²) in [5.41, 5.74) is 2.21. The van der Waals surface area contributed by atoms with Crippen molar-refractivity contribution in [1.82, 2.24) is 9.80 Å². The van der Waals surface area contributed by atoms with E-state index in [0.29, 0.717) is 29.8 Å². The lowest BCUT2D eigenvalue weighted by atomic mass is 9.93. The number of hydrogen-bond acceptors (Lipinski definition) is 5. The number of rotatable bonds is 7. The van der Waals surface area contributed by atoms with Crippen LogP contribution < -0.4 is 4.74 Å². The third kappa shape index (κ3) is 4.66. The van der Waals surface area contributed by atoms with E-state index < -0.39 is 17.7 Å². The highest BCUT2D eigenvalue weighted by Gasteiger charge is 2.46. The lowest BCUT2D eigenvalue weighted by Crippen LogP contribution is -2.35. The van der Waals surface area contributed by atoms with Crippen molar-refractivity contribution in [3.8, 4) is 5.75 Å². The zero-order valence-corrected chi connectivity index (χ0v) is 19.8. The van der Waals surface area contributed by atoms with E-state index in [1.54, 1.807) is 12.1 Å². The number of carbonyl (C=O) groups is 2. The first-order chi connectivity index (χ1) is 15.1. The van der Waals surface area contributed by atoms with Crippen molar-refractivity contribution >= 4 is 29.1 Å². The Labute approximate surface area is 194 Å². The first kappa shape index (κ1) is 23.8. The molecule has 170 valence electrons. The lowest BCUT2D eigenvalue weighted by molar-refractivity contribution is -0.140.